The van der Waals surface area contributed by atoms with Crippen molar-refractivity contribution < 1.29 is 9.18 Å². The molecule has 0 radical (unpaired) electrons. The molecule has 27 heavy (non-hydrogen) atoms. The maximum absolute atomic E-state index is 13.2. The van der Waals surface area contributed by atoms with Gasteiger partial charge in [0.05, 0.1) is 0 Å². The molecule has 1 aromatic carbocycles. The molecule has 0 atom stereocenters. The predicted molar refractivity (Wildman–Crippen MR) is 96.9 cm³/mol. The van der Waals surface area contributed by atoms with Gasteiger partial charge in [0.1, 0.15) is 18.5 Å². The fourth-order valence-electron chi connectivity index (χ4n) is 3.12. The number of aromatic nitrogens is 5. The number of carbonyl (C=O) groups excluding carboxylic acids is 1. The molecule has 1 aliphatic heterocycles. The molecule has 1 aliphatic rings. The topological polar surface area (TPSA) is 88.8 Å². The maximum atomic E-state index is 13.2. The van der Waals surface area contributed by atoms with Crippen molar-refractivity contribution in [2.45, 2.75) is 12.8 Å². The van der Waals surface area contributed by atoms with E-state index in [-0.39, 0.29) is 17.6 Å². The van der Waals surface area contributed by atoms with Crippen LogP contribution in [0.15, 0.2) is 49.1 Å². The first-order chi connectivity index (χ1) is 13.2. The fourth-order valence-corrected chi connectivity index (χ4v) is 3.12. The molecule has 0 unspecified atom stereocenters. The first-order valence-electron chi connectivity index (χ1n) is 8.69. The van der Waals surface area contributed by atoms with Gasteiger partial charge in [-0.2, -0.15) is 5.10 Å². The van der Waals surface area contributed by atoms with Gasteiger partial charge >= 0.3 is 0 Å². The quantitative estimate of drug-likeness (QED) is 0.759. The summed E-state index contributed by atoms with van der Waals surface area (Å²) >= 11 is 0. The van der Waals surface area contributed by atoms with Gasteiger partial charge < -0.3 is 10.2 Å². The highest BCUT2D eigenvalue weighted by molar-refractivity contribution is 5.92. The molecule has 0 spiro atoms. The Kier molecular flexibility index (Phi) is 4.73. The van der Waals surface area contributed by atoms with Crippen LogP contribution in [0.3, 0.4) is 0 Å². The zero-order valence-electron chi connectivity index (χ0n) is 14.5. The van der Waals surface area contributed by atoms with Crippen LogP contribution in [-0.2, 0) is 4.79 Å². The smallest absolute Gasteiger partial charge is 0.227 e. The molecule has 3 heterocycles. The van der Waals surface area contributed by atoms with Crippen molar-refractivity contribution in [1.82, 2.24) is 25.0 Å². The summed E-state index contributed by atoms with van der Waals surface area (Å²) in [5, 5.41) is 15.2. The van der Waals surface area contributed by atoms with E-state index >= 15 is 0 Å². The van der Waals surface area contributed by atoms with Crippen molar-refractivity contribution in [3.8, 4) is 5.82 Å². The second-order valence-electron chi connectivity index (χ2n) is 6.35. The van der Waals surface area contributed by atoms with Gasteiger partial charge in [0.15, 0.2) is 11.6 Å². The van der Waals surface area contributed by atoms with Crippen LogP contribution in [-0.4, -0.2) is 44.0 Å². The zero-order valence-corrected chi connectivity index (χ0v) is 14.5. The first-order valence-corrected chi connectivity index (χ1v) is 8.69. The van der Waals surface area contributed by atoms with Crippen LogP contribution in [0, 0.1) is 11.7 Å². The van der Waals surface area contributed by atoms with Gasteiger partial charge in [0.25, 0.3) is 0 Å². The van der Waals surface area contributed by atoms with Crippen LogP contribution in [0.1, 0.15) is 12.8 Å². The highest BCUT2D eigenvalue weighted by Crippen LogP contribution is 2.23. The minimum absolute atomic E-state index is 0.0761. The number of piperidine rings is 1. The van der Waals surface area contributed by atoms with E-state index < -0.39 is 0 Å². The van der Waals surface area contributed by atoms with E-state index in [0.717, 1.165) is 5.82 Å². The number of benzene rings is 1. The van der Waals surface area contributed by atoms with E-state index in [1.54, 1.807) is 23.1 Å². The van der Waals surface area contributed by atoms with Crippen molar-refractivity contribution in [3.05, 3.63) is 54.9 Å². The van der Waals surface area contributed by atoms with E-state index in [2.05, 4.69) is 30.5 Å². The molecule has 1 amide bonds. The van der Waals surface area contributed by atoms with Crippen molar-refractivity contribution >= 4 is 17.4 Å². The Bertz CT molecular complexity index is 906. The monoisotopic (exact) mass is 367 g/mol. The molecule has 4 rings (SSSR count). The number of rotatable bonds is 4. The predicted octanol–water partition coefficient (Wildman–Crippen LogP) is 2.05. The van der Waals surface area contributed by atoms with Crippen molar-refractivity contribution in [2.75, 3.05) is 23.3 Å². The SMILES string of the molecule is O=C(Nc1cccc(F)c1)C1CCN(c2ccc(-n3cncn3)nn2)CC1. The third kappa shape index (κ3) is 3.91. The molecule has 8 nitrogen and oxygen atoms in total. The second-order valence-corrected chi connectivity index (χ2v) is 6.35. The standard InChI is InChI=1S/C18H18FN7O/c19-14-2-1-3-15(10-14)22-18(27)13-6-8-25(9-7-13)16-4-5-17(24-23-16)26-12-20-11-21-26/h1-5,10-13H,6-9H2,(H,22,27). The van der Waals surface area contributed by atoms with Crippen molar-refractivity contribution in [1.29, 1.82) is 0 Å². The number of carbonyl (C=O) groups is 1. The average molecular weight is 367 g/mol. The molecule has 2 aromatic heterocycles. The summed E-state index contributed by atoms with van der Waals surface area (Å²) in [6.07, 6.45) is 4.41. The van der Waals surface area contributed by atoms with Gasteiger partial charge in [-0.05, 0) is 43.2 Å². The lowest BCUT2D eigenvalue weighted by molar-refractivity contribution is -0.120. The molecule has 0 saturated carbocycles. The van der Waals surface area contributed by atoms with Gasteiger partial charge in [-0.3, -0.25) is 4.79 Å². The van der Waals surface area contributed by atoms with Crippen LogP contribution < -0.4 is 10.2 Å². The minimum atomic E-state index is -0.365. The third-order valence-electron chi connectivity index (χ3n) is 4.57. The number of hydrogen-bond acceptors (Lipinski definition) is 6. The first kappa shape index (κ1) is 17.1. The largest absolute Gasteiger partial charge is 0.355 e. The van der Waals surface area contributed by atoms with E-state index in [4.69, 9.17) is 0 Å². The molecule has 1 fully saturated rings. The van der Waals surface area contributed by atoms with E-state index in [1.807, 2.05) is 12.1 Å². The molecule has 1 N–H and O–H groups in total. The fraction of sp³-hybridized carbons (Fsp3) is 0.278. The molecule has 1 saturated heterocycles. The maximum Gasteiger partial charge on any atom is 0.227 e. The molecule has 138 valence electrons. The normalized spacial score (nSPS) is 14.9. The van der Waals surface area contributed by atoms with Crippen LogP contribution >= 0.6 is 0 Å². The van der Waals surface area contributed by atoms with Crippen LogP contribution in [0.5, 0.6) is 0 Å². The second kappa shape index (κ2) is 7.48. The highest BCUT2D eigenvalue weighted by Gasteiger charge is 2.26. The number of nitrogens with zero attached hydrogens (tertiary/aromatic N) is 6. The number of nitrogens with one attached hydrogen (secondary N) is 1. The van der Waals surface area contributed by atoms with Gasteiger partial charge in [-0.25, -0.2) is 14.1 Å². The van der Waals surface area contributed by atoms with Crippen LogP contribution in [0.2, 0.25) is 0 Å². The zero-order chi connectivity index (χ0) is 18.6. The lowest BCUT2D eigenvalue weighted by atomic mass is 9.96. The van der Waals surface area contributed by atoms with Gasteiger partial charge in [-0.1, -0.05) is 6.07 Å². The summed E-state index contributed by atoms with van der Waals surface area (Å²) in [7, 11) is 0. The van der Waals surface area contributed by atoms with Crippen LogP contribution in [0.4, 0.5) is 15.9 Å². The van der Waals surface area contributed by atoms with E-state index in [0.29, 0.717) is 37.4 Å². The van der Waals surface area contributed by atoms with Crippen molar-refractivity contribution in [2.24, 2.45) is 5.92 Å². The Labute approximate surface area is 155 Å². The average Bonchev–Trinajstić information content (AvgIpc) is 3.23. The lowest BCUT2D eigenvalue weighted by Gasteiger charge is -2.31. The Morgan fingerprint density at radius 3 is 2.56 bits per heavy atom. The third-order valence-corrected chi connectivity index (χ3v) is 4.57. The van der Waals surface area contributed by atoms with Gasteiger partial charge in [0, 0.05) is 24.7 Å². The van der Waals surface area contributed by atoms with Gasteiger partial charge in [0.2, 0.25) is 5.91 Å². The molecule has 3 aromatic rings. The Morgan fingerprint density at radius 2 is 1.89 bits per heavy atom. The lowest BCUT2D eigenvalue weighted by Crippen LogP contribution is -2.38. The summed E-state index contributed by atoms with van der Waals surface area (Å²) in [6, 6.07) is 9.65. The summed E-state index contributed by atoms with van der Waals surface area (Å²) < 4.78 is 14.8. The summed E-state index contributed by atoms with van der Waals surface area (Å²) in [5.41, 5.74) is 0.483. The molecule has 0 bridgehead atoms. The molecular formula is C18H18FN7O. The summed E-state index contributed by atoms with van der Waals surface area (Å²) in [6.45, 7) is 1.41. The van der Waals surface area contributed by atoms with Gasteiger partial charge in [-0.15, -0.1) is 10.2 Å². The molecular weight excluding hydrogens is 349 g/mol. The van der Waals surface area contributed by atoms with Crippen molar-refractivity contribution in [3.63, 3.8) is 0 Å². The Hall–Kier alpha value is -3.36. The molecule has 0 aliphatic carbocycles. The van der Waals surface area contributed by atoms with E-state index in [9.17, 15) is 9.18 Å². The van der Waals surface area contributed by atoms with E-state index in [1.165, 1.54) is 18.5 Å². The minimum Gasteiger partial charge on any atom is -0.355 e. The number of hydrogen-bond donors (Lipinski definition) is 1. The van der Waals surface area contributed by atoms with Crippen LogP contribution in [0.25, 0.3) is 5.82 Å². The highest BCUT2D eigenvalue weighted by atomic mass is 19.1. The summed E-state index contributed by atoms with van der Waals surface area (Å²) in [5.74, 6) is 0.818. The number of amides is 1. The Morgan fingerprint density at radius 1 is 1.11 bits per heavy atom. The number of halogens is 1. The number of anilines is 2. The molecule has 9 heteroatoms. The summed E-state index contributed by atoms with van der Waals surface area (Å²) in [4.78, 5) is 18.4. The Balaban J connectivity index is 1.34.